The smallest absolute Gasteiger partial charge is 0.218 e. The number of benzene rings is 1. The number of carbonyl (C=O) groups is 1. The maximum atomic E-state index is 12.7. The van der Waals surface area contributed by atoms with E-state index in [1.807, 2.05) is 45.2 Å². The number of methoxy groups -OCH3 is 1. The number of rotatable bonds is 5. The molecule has 1 aromatic heterocycles. The summed E-state index contributed by atoms with van der Waals surface area (Å²) in [6.45, 7) is 8.46. The number of anilines is 1. The third-order valence-corrected chi connectivity index (χ3v) is 5.38. The predicted octanol–water partition coefficient (Wildman–Crippen LogP) is 1.24. The lowest BCUT2D eigenvalue weighted by atomic mass is 10.1. The van der Waals surface area contributed by atoms with Crippen LogP contribution in [0.4, 0.5) is 5.69 Å². The number of hydrogen-bond acceptors (Lipinski definition) is 3. The van der Waals surface area contributed by atoms with Crippen molar-refractivity contribution < 1.29 is 14.4 Å². The zero-order valence-corrected chi connectivity index (χ0v) is 15.6. The van der Waals surface area contributed by atoms with Crippen molar-refractivity contribution in [2.45, 2.75) is 13.8 Å². The number of hydrogen-bond donors (Lipinski definition) is 1. The molecule has 2 heterocycles. The summed E-state index contributed by atoms with van der Waals surface area (Å²) in [6, 6.07) is 10.2. The van der Waals surface area contributed by atoms with Crippen LogP contribution in [0.3, 0.4) is 0 Å². The van der Waals surface area contributed by atoms with Gasteiger partial charge in [0.2, 0.25) is 5.78 Å². The number of para-hydroxylation sites is 2. The van der Waals surface area contributed by atoms with Crippen LogP contribution in [0.1, 0.15) is 21.7 Å². The van der Waals surface area contributed by atoms with E-state index in [1.165, 1.54) is 4.90 Å². The third-order valence-electron chi connectivity index (χ3n) is 5.38. The first-order chi connectivity index (χ1) is 12.0. The van der Waals surface area contributed by atoms with Crippen molar-refractivity contribution in [3.63, 3.8) is 0 Å². The van der Waals surface area contributed by atoms with E-state index in [1.54, 1.807) is 7.11 Å². The minimum atomic E-state index is 0.252. The zero-order chi connectivity index (χ0) is 18.0. The fourth-order valence-corrected chi connectivity index (χ4v) is 3.59. The van der Waals surface area contributed by atoms with Gasteiger partial charge in [-0.2, -0.15) is 0 Å². The highest BCUT2D eigenvalue weighted by Gasteiger charge is 2.25. The number of Topliss-reactive ketones (excluding diaryl/α,β-unsaturated/α-hetero) is 1. The Morgan fingerprint density at radius 2 is 1.88 bits per heavy atom. The Morgan fingerprint density at radius 1 is 1.20 bits per heavy atom. The summed E-state index contributed by atoms with van der Waals surface area (Å²) in [5, 5.41) is 0. The van der Waals surface area contributed by atoms with E-state index >= 15 is 0 Å². The Bertz CT molecular complexity index is 758. The molecule has 1 aliphatic rings. The second-order valence-electron chi connectivity index (χ2n) is 6.85. The Labute approximate surface area is 149 Å². The molecule has 0 spiro atoms. The number of aryl methyl sites for hydroxylation is 1. The first kappa shape index (κ1) is 17.5. The number of ether oxygens (including phenoxy) is 1. The van der Waals surface area contributed by atoms with Crippen LogP contribution in [0.2, 0.25) is 0 Å². The minimum Gasteiger partial charge on any atom is -0.495 e. The SMILES string of the molecule is COc1ccccc1N1CC[NH+](CC(=O)c2cc(C)n(C)c2C)CC1. The first-order valence-corrected chi connectivity index (χ1v) is 8.89. The standard InChI is InChI=1S/C20H27N3O2/c1-15-13-17(16(2)21(15)3)19(24)14-22-9-11-23(12-10-22)18-7-5-6-8-20(18)25-4/h5-8,13H,9-12,14H2,1-4H3/p+1. The third kappa shape index (κ3) is 3.56. The Kier molecular flexibility index (Phi) is 5.13. The van der Waals surface area contributed by atoms with E-state index in [0.29, 0.717) is 6.54 Å². The van der Waals surface area contributed by atoms with Gasteiger partial charge in [0, 0.05) is 24.0 Å². The summed E-state index contributed by atoms with van der Waals surface area (Å²) in [5.74, 6) is 1.17. The maximum absolute atomic E-state index is 12.7. The van der Waals surface area contributed by atoms with Gasteiger partial charge >= 0.3 is 0 Å². The van der Waals surface area contributed by atoms with E-state index in [0.717, 1.165) is 54.6 Å². The van der Waals surface area contributed by atoms with Crippen molar-refractivity contribution in [3.05, 3.63) is 47.3 Å². The largest absolute Gasteiger partial charge is 0.495 e. The molecular weight excluding hydrogens is 314 g/mol. The topological polar surface area (TPSA) is 38.9 Å². The van der Waals surface area contributed by atoms with E-state index in [9.17, 15) is 4.79 Å². The molecule has 0 aliphatic carbocycles. The summed E-state index contributed by atoms with van der Waals surface area (Å²) >= 11 is 0. The van der Waals surface area contributed by atoms with Gasteiger partial charge in [-0.3, -0.25) is 4.79 Å². The predicted molar refractivity (Wildman–Crippen MR) is 100.0 cm³/mol. The molecule has 1 N–H and O–H groups in total. The molecule has 2 aromatic rings. The van der Waals surface area contributed by atoms with Crippen molar-refractivity contribution in [1.82, 2.24) is 4.57 Å². The minimum absolute atomic E-state index is 0.252. The maximum Gasteiger partial charge on any atom is 0.218 e. The first-order valence-electron chi connectivity index (χ1n) is 8.89. The highest BCUT2D eigenvalue weighted by Crippen LogP contribution is 2.27. The number of carbonyl (C=O) groups excluding carboxylic acids is 1. The second kappa shape index (κ2) is 7.31. The van der Waals surface area contributed by atoms with E-state index in [4.69, 9.17) is 4.74 Å². The number of nitrogens with zero attached hydrogens (tertiary/aromatic N) is 2. The van der Waals surface area contributed by atoms with Gasteiger partial charge < -0.3 is 19.1 Å². The van der Waals surface area contributed by atoms with Crippen LogP contribution in [-0.4, -0.2) is 50.2 Å². The molecule has 0 saturated carbocycles. The summed E-state index contributed by atoms with van der Waals surface area (Å²) in [6.07, 6.45) is 0. The van der Waals surface area contributed by atoms with Gasteiger partial charge in [0.25, 0.3) is 0 Å². The molecule has 5 heteroatoms. The average molecular weight is 342 g/mol. The molecule has 1 fully saturated rings. The molecule has 0 amide bonds. The molecular formula is C20H28N3O2+. The van der Waals surface area contributed by atoms with Crippen molar-refractivity contribution in [2.24, 2.45) is 7.05 Å². The van der Waals surface area contributed by atoms with Crippen LogP contribution >= 0.6 is 0 Å². The fraction of sp³-hybridized carbons (Fsp3) is 0.450. The number of quaternary nitrogens is 1. The van der Waals surface area contributed by atoms with E-state index in [-0.39, 0.29) is 5.78 Å². The number of ketones is 1. The molecule has 1 saturated heterocycles. The van der Waals surface area contributed by atoms with Crippen LogP contribution in [0.15, 0.2) is 30.3 Å². The van der Waals surface area contributed by atoms with Crippen molar-refractivity contribution in [3.8, 4) is 5.75 Å². The summed E-state index contributed by atoms with van der Waals surface area (Å²) in [7, 11) is 3.73. The van der Waals surface area contributed by atoms with Crippen LogP contribution in [0.5, 0.6) is 5.75 Å². The molecule has 5 nitrogen and oxygen atoms in total. The number of aromatic nitrogens is 1. The van der Waals surface area contributed by atoms with Gasteiger partial charge in [-0.1, -0.05) is 12.1 Å². The second-order valence-corrected chi connectivity index (χ2v) is 6.85. The van der Waals surface area contributed by atoms with Crippen molar-refractivity contribution >= 4 is 11.5 Å². The average Bonchev–Trinajstić information content (AvgIpc) is 2.90. The lowest BCUT2D eigenvalue weighted by Gasteiger charge is -2.34. The highest BCUT2D eigenvalue weighted by atomic mass is 16.5. The van der Waals surface area contributed by atoms with Crippen molar-refractivity contribution in [1.29, 1.82) is 0 Å². The van der Waals surface area contributed by atoms with Gasteiger partial charge in [-0.05, 0) is 32.0 Å². The van der Waals surface area contributed by atoms with Gasteiger partial charge in [0.1, 0.15) is 12.3 Å². The molecule has 0 bridgehead atoms. The van der Waals surface area contributed by atoms with Gasteiger partial charge in [-0.25, -0.2) is 0 Å². The van der Waals surface area contributed by atoms with Crippen LogP contribution in [-0.2, 0) is 7.05 Å². The molecule has 0 radical (unpaired) electrons. The molecule has 25 heavy (non-hydrogen) atoms. The van der Waals surface area contributed by atoms with Crippen LogP contribution in [0.25, 0.3) is 0 Å². The summed E-state index contributed by atoms with van der Waals surface area (Å²) in [4.78, 5) is 16.4. The molecule has 0 atom stereocenters. The molecule has 1 aromatic carbocycles. The summed E-state index contributed by atoms with van der Waals surface area (Å²) < 4.78 is 7.56. The van der Waals surface area contributed by atoms with E-state index < -0.39 is 0 Å². The Hall–Kier alpha value is -2.27. The van der Waals surface area contributed by atoms with Gasteiger partial charge in [0.05, 0.1) is 39.0 Å². The lowest BCUT2D eigenvalue weighted by molar-refractivity contribution is -0.892. The molecule has 3 rings (SSSR count). The highest BCUT2D eigenvalue weighted by molar-refractivity contribution is 5.98. The summed E-state index contributed by atoms with van der Waals surface area (Å²) in [5.41, 5.74) is 4.22. The fourth-order valence-electron chi connectivity index (χ4n) is 3.59. The van der Waals surface area contributed by atoms with Crippen LogP contribution in [0, 0.1) is 13.8 Å². The molecule has 134 valence electrons. The molecule has 1 aliphatic heterocycles. The number of piperazine rings is 1. The molecule has 0 unspecified atom stereocenters. The monoisotopic (exact) mass is 342 g/mol. The quantitative estimate of drug-likeness (QED) is 0.831. The van der Waals surface area contributed by atoms with Gasteiger partial charge in [-0.15, -0.1) is 0 Å². The lowest BCUT2D eigenvalue weighted by Crippen LogP contribution is -3.15. The normalized spacial score (nSPS) is 15.4. The Balaban J connectivity index is 1.61. The Morgan fingerprint density at radius 3 is 2.48 bits per heavy atom. The zero-order valence-electron chi connectivity index (χ0n) is 15.6. The van der Waals surface area contributed by atoms with E-state index in [2.05, 4.69) is 15.5 Å². The van der Waals surface area contributed by atoms with Crippen molar-refractivity contribution in [2.75, 3.05) is 44.7 Å². The van der Waals surface area contributed by atoms with Crippen LogP contribution < -0.4 is 14.5 Å². The van der Waals surface area contributed by atoms with Gasteiger partial charge in [0.15, 0.2) is 0 Å². The number of nitrogens with one attached hydrogen (secondary N) is 1.